The highest BCUT2D eigenvalue weighted by molar-refractivity contribution is 14.0. The van der Waals surface area contributed by atoms with Gasteiger partial charge in [-0.2, -0.15) is 0 Å². The molecule has 7 nitrogen and oxygen atoms in total. The van der Waals surface area contributed by atoms with Crippen molar-refractivity contribution in [3.05, 3.63) is 30.1 Å². The molecule has 1 aromatic rings. The zero-order valence-electron chi connectivity index (χ0n) is 16.7. The molecule has 8 heteroatoms. The van der Waals surface area contributed by atoms with Gasteiger partial charge in [0.15, 0.2) is 5.96 Å². The molecule has 0 aliphatic carbocycles. The van der Waals surface area contributed by atoms with E-state index in [9.17, 15) is 4.79 Å². The highest BCUT2D eigenvalue weighted by Gasteiger charge is 2.27. The first-order valence-corrected chi connectivity index (χ1v) is 9.30. The second-order valence-electron chi connectivity index (χ2n) is 7.38. The molecule has 1 fully saturated rings. The fourth-order valence-electron chi connectivity index (χ4n) is 2.79. The number of nitrogens with zero attached hydrogens (tertiary/aromatic N) is 3. The average Bonchev–Trinajstić information content (AvgIpc) is 3.01. The number of alkyl carbamates (subject to hydrolysis) is 1. The molecule has 27 heavy (non-hydrogen) atoms. The Morgan fingerprint density at radius 3 is 2.81 bits per heavy atom. The highest BCUT2D eigenvalue weighted by atomic mass is 127. The van der Waals surface area contributed by atoms with Gasteiger partial charge in [0.05, 0.1) is 6.04 Å². The summed E-state index contributed by atoms with van der Waals surface area (Å²) in [7, 11) is 0. The lowest BCUT2D eigenvalue weighted by Gasteiger charge is -2.23. The first kappa shape index (κ1) is 23.5. The summed E-state index contributed by atoms with van der Waals surface area (Å²) in [6.07, 6.45) is 3.13. The molecule has 1 atom stereocenters. The fourth-order valence-corrected chi connectivity index (χ4v) is 2.79. The van der Waals surface area contributed by atoms with E-state index in [2.05, 4.69) is 27.4 Å². The summed E-state index contributed by atoms with van der Waals surface area (Å²) < 4.78 is 5.34. The zero-order chi connectivity index (χ0) is 19.0. The third-order valence-corrected chi connectivity index (χ3v) is 3.90. The van der Waals surface area contributed by atoms with Gasteiger partial charge in [-0.1, -0.05) is 6.07 Å². The molecule has 1 amide bonds. The van der Waals surface area contributed by atoms with Crippen LogP contribution in [0.25, 0.3) is 0 Å². The van der Waals surface area contributed by atoms with Gasteiger partial charge in [0, 0.05) is 44.5 Å². The van der Waals surface area contributed by atoms with Gasteiger partial charge in [0.2, 0.25) is 0 Å². The predicted octanol–water partition coefficient (Wildman–Crippen LogP) is 2.81. The van der Waals surface area contributed by atoms with E-state index in [1.165, 1.54) is 0 Å². The molecule has 0 radical (unpaired) electrons. The molecule has 2 N–H and O–H groups in total. The summed E-state index contributed by atoms with van der Waals surface area (Å²) in [5.74, 6) is 0.886. The topological polar surface area (TPSA) is 78.9 Å². The summed E-state index contributed by atoms with van der Waals surface area (Å²) in [5.41, 5.74) is 0.558. The maximum atomic E-state index is 11.9. The number of amides is 1. The Kier molecular flexibility index (Phi) is 9.82. The summed E-state index contributed by atoms with van der Waals surface area (Å²) in [5, 5.41) is 6.28. The van der Waals surface area contributed by atoms with E-state index >= 15 is 0 Å². The maximum absolute atomic E-state index is 11.9. The number of halogens is 1. The molecule has 0 bridgehead atoms. The van der Waals surface area contributed by atoms with Crippen molar-refractivity contribution in [1.29, 1.82) is 0 Å². The van der Waals surface area contributed by atoms with Crippen molar-refractivity contribution in [2.45, 2.75) is 52.2 Å². The number of aromatic nitrogens is 1. The summed E-state index contributed by atoms with van der Waals surface area (Å²) in [6, 6.07) is 5.99. The summed E-state index contributed by atoms with van der Waals surface area (Å²) in [4.78, 5) is 23.2. The van der Waals surface area contributed by atoms with Crippen LogP contribution in [0, 0.1) is 0 Å². The van der Waals surface area contributed by atoms with E-state index < -0.39 is 5.60 Å². The number of ether oxygens (including phenoxy) is 1. The summed E-state index contributed by atoms with van der Waals surface area (Å²) >= 11 is 0. The Morgan fingerprint density at radius 1 is 1.41 bits per heavy atom. The van der Waals surface area contributed by atoms with E-state index in [0.717, 1.165) is 44.1 Å². The predicted molar refractivity (Wildman–Crippen MR) is 119 cm³/mol. The number of carbonyl (C=O) groups is 1. The molecule has 1 aliphatic heterocycles. The van der Waals surface area contributed by atoms with E-state index in [1.54, 1.807) is 6.20 Å². The Labute approximate surface area is 179 Å². The fraction of sp³-hybridized carbons (Fsp3) is 0.632. The zero-order valence-corrected chi connectivity index (χ0v) is 19.0. The molecule has 0 aromatic carbocycles. The number of nitrogens with one attached hydrogen (secondary N) is 2. The number of carbonyl (C=O) groups excluding carboxylic acids is 1. The molecule has 1 aromatic heterocycles. The van der Waals surface area contributed by atoms with Crippen LogP contribution in [0.15, 0.2) is 29.4 Å². The monoisotopic (exact) mass is 489 g/mol. The second-order valence-corrected chi connectivity index (χ2v) is 7.38. The Balaban J connectivity index is 0.00000364. The lowest BCUT2D eigenvalue weighted by atomic mass is 10.2. The van der Waals surface area contributed by atoms with Crippen LogP contribution in [0.3, 0.4) is 0 Å². The van der Waals surface area contributed by atoms with E-state index in [4.69, 9.17) is 9.73 Å². The Bertz CT molecular complexity index is 604. The van der Waals surface area contributed by atoms with Crippen molar-refractivity contribution in [3.8, 4) is 0 Å². The quantitative estimate of drug-likeness (QED) is 0.378. The lowest BCUT2D eigenvalue weighted by molar-refractivity contribution is 0.0507. The number of aliphatic imine (C=N–C) groups is 1. The number of hydrogen-bond acceptors (Lipinski definition) is 4. The Morgan fingerprint density at radius 2 is 2.19 bits per heavy atom. The largest absolute Gasteiger partial charge is 0.444 e. The lowest BCUT2D eigenvalue weighted by Crippen LogP contribution is -2.44. The molecule has 1 unspecified atom stereocenters. The van der Waals surface area contributed by atoms with Gasteiger partial charge in [-0.25, -0.2) is 4.79 Å². The molecule has 0 spiro atoms. The van der Waals surface area contributed by atoms with Crippen molar-refractivity contribution < 1.29 is 9.53 Å². The smallest absolute Gasteiger partial charge is 0.407 e. The minimum atomic E-state index is -0.482. The third-order valence-electron chi connectivity index (χ3n) is 3.90. The first-order chi connectivity index (χ1) is 12.4. The van der Waals surface area contributed by atoms with E-state index in [1.807, 2.05) is 39.0 Å². The van der Waals surface area contributed by atoms with Crippen LogP contribution in [0.2, 0.25) is 0 Å². The van der Waals surface area contributed by atoms with Gasteiger partial charge in [0.25, 0.3) is 0 Å². The summed E-state index contributed by atoms with van der Waals surface area (Å²) in [6.45, 7) is 10.7. The van der Waals surface area contributed by atoms with Gasteiger partial charge >= 0.3 is 6.09 Å². The van der Waals surface area contributed by atoms with Gasteiger partial charge in [-0.05, 0) is 46.2 Å². The van der Waals surface area contributed by atoms with Crippen LogP contribution in [0.1, 0.15) is 39.8 Å². The van der Waals surface area contributed by atoms with Crippen molar-refractivity contribution in [3.63, 3.8) is 0 Å². The van der Waals surface area contributed by atoms with Crippen molar-refractivity contribution in [1.82, 2.24) is 20.5 Å². The number of guanidine groups is 1. The van der Waals surface area contributed by atoms with Gasteiger partial charge in [-0.15, -0.1) is 24.0 Å². The maximum Gasteiger partial charge on any atom is 0.407 e. The van der Waals surface area contributed by atoms with Gasteiger partial charge in [0.1, 0.15) is 5.60 Å². The first-order valence-electron chi connectivity index (χ1n) is 9.30. The highest BCUT2D eigenvalue weighted by Crippen LogP contribution is 2.12. The number of pyridine rings is 1. The van der Waals surface area contributed by atoms with Crippen LogP contribution < -0.4 is 10.6 Å². The number of hydrogen-bond donors (Lipinski definition) is 2. The number of rotatable bonds is 5. The average molecular weight is 489 g/mol. The van der Waals surface area contributed by atoms with Crippen LogP contribution in [0.5, 0.6) is 0 Å². The molecule has 2 rings (SSSR count). The molecule has 0 saturated carbocycles. The van der Waals surface area contributed by atoms with Crippen LogP contribution in [-0.2, 0) is 11.2 Å². The molecular formula is C19H32IN5O2. The minimum Gasteiger partial charge on any atom is -0.444 e. The van der Waals surface area contributed by atoms with Crippen molar-refractivity contribution in [2.24, 2.45) is 4.99 Å². The van der Waals surface area contributed by atoms with Crippen LogP contribution in [-0.4, -0.2) is 59.8 Å². The molecule has 1 aliphatic rings. The minimum absolute atomic E-state index is 0. The van der Waals surface area contributed by atoms with Crippen LogP contribution >= 0.6 is 24.0 Å². The van der Waals surface area contributed by atoms with Gasteiger partial charge in [-0.3, -0.25) is 9.98 Å². The van der Waals surface area contributed by atoms with E-state index in [-0.39, 0.29) is 36.1 Å². The SMILES string of the molecule is CCNC(=NCCc1ccccn1)N1CCC(NC(=O)OC(C)(C)C)C1.I. The molecule has 152 valence electrons. The van der Waals surface area contributed by atoms with Crippen molar-refractivity contribution >= 4 is 36.0 Å². The third kappa shape index (κ3) is 8.77. The second kappa shape index (κ2) is 11.3. The van der Waals surface area contributed by atoms with Gasteiger partial charge < -0.3 is 20.3 Å². The van der Waals surface area contributed by atoms with E-state index in [0.29, 0.717) is 6.54 Å². The number of likely N-dealkylation sites (tertiary alicyclic amines) is 1. The Hall–Kier alpha value is -1.58. The molecule has 1 saturated heterocycles. The molecular weight excluding hydrogens is 457 g/mol. The normalized spacial score (nSPS) is 17.3. The van der Waals surface area contributed by atoms with Crippen molar-refractivity contribution in [2.75, 3.05) is 26.2 Å². The van der Waals surface area contributed by atoms with Crippen LogP contribution in [0.4, 0.5) is 4.79 Å². The standard InChI is InChI=1S/C19H31N5O2.HI/c1-5-20-17(22-12-9-15-8-6-7-11-21-15)24-13-10-16(14-24)23-18(25)26-19(2,3)4;/h6-8,11,16H,5,9-10,12-14H2,1-4H3,(H,20,22)(H,23,25);1H. The molecule has 2 heterocycles.